The third kappa shape index (κ3) is 3.16. The van der Waals surface area contributed by atoms with Crippen LogP contribution >= 0.6 is 11.3 Å². The number of nitrogens with one attached hydrogen (secondary N) is 1. The second-order valence-electron chi connectivity index (χ2n) is 6.66. The number of hydrogen-bond donors (Lipinski definition) is 1. The van der Waals surface area contributed by atoms with Crippen molar-refractivity contribution in [3.63, 3.8) is 0 Å². The van der Waals surface area contributed by atoms with Crippen LogP contribution in [0, 0.1) is 0 Å². The molecule has 5 nitrogen and oxygen atoms in total. The SMILES string of the molecule is COc1ccc(NC(=O)C2c3ccccc3C(=O)N(C)C2c2cccs2)cc1. The molecule has 0 bridgehead atoms. The van der Waals surface area contributed by atoms with Crippen molar-refractivity contribution in [2.75, 3.05) is 19.5 Å². The number of amides is 2. The second kappa shape index (κ2) is 7.48. The molecule has 1 aliphatic rings. The topological polar surface area (TPSA) is 58.6 Å². The zero-order valence-electron chi connectivity index (χ0n) is 15.6. The highest BCUT2D eigenvalue weighted by atomic mass is 32.1. The van der Waals surface area contributed by atoms with Gasteiger partial charge < -0.3 is 15.0 Å². The Morgan fingerprint density at radius 3 is 2.50 bits per heavy atom. The highest BCUT2D eigenvalue weighted by molar-refractivity contribution is 7.10. The largest absolute Gasteiger partial charge is 0.497 e. The quantitative estimate of drug-likeness (QED) is 0.720. The molecule has 142 valence electrons. The first-order valence-corrected chi connectivity index (χ1v) is 9.82. The van der Waals surface area contributed by atoms with Crippen LogP contribution in [0.15, 0.2) is 66.0 Å². The van der Waals surface area contributed by atoms with Crippen LogP contribution in [-0.2, 0) is 4.79 Å². The molecule has 0 saturated heterocycles. The lowest BCUT2D eigenvalue weighted by Crippen LogP contribution is -2.43. The summed E-state index contributed by atoms with van der Waals surface area (Å²) in [6.45, 7) is 0. The molecule has 1 aliphatic heterocycles. The average Bonchev–Trinajstić information content (AvgIpc) is 3.25. The molecule has 4 rings (SSSR count). The lowest BCUT2D eigenvalue weighted by Gasteiger charge is -2.39. The number of nitrogens with zero attached hydrogens (tertiary/aromatic N) is 1. The Morgan fingerprint density at radius 2 is 1.82 bits per heavy atom. The summed E-state index contributed by atoms with van der Waals surface area (Å²) in [5.41, 5.74) is 2.02. The summed E-state index contributed by atoms with van der Waals surface area (Å²) in [5.74, 6) is 0.0142. The summed E-state index contributed by atoms with van der Waals surface area (Å²) < 4.78 is 5.17. The molecule has 0 aliphatic carbocycles. The molecule has 2 heterocycles. The van der Waals surface area contributed by atoms with Crippen LogP contribution in [0.3, 0.4) is 0 Å². The van der Waals surface area contributed by atoms with E-state index in [-0.39, 0.29) is 17.9 Å². The number of benzene rings is 2. The summed E-state index contributed by atoms with van der Waals surface area (Å²) >= 11 is 1.55. The maximum Gasteiger partial charge on any atom is 0.254 e. The van der Waals surface area contributed by atoms with E-state index >= 15 is 0 Å². The Kier molecular flexibility index (Phi) is 4.88. The Balaban J connectivity index is 1.74. The molecule has 2 aromatic carbocycles. The maximum atomic E-state index is 13.4. The van der Waals surface area contributed by atoms with Crippen LogP contribution in [-0.4, -0.2) is 30.9 Å². The van der Waals surface area contributed by atoms with Crippen molar-refractivity contribution in [1.29, 1.82) is 0 Å². The highest BCUT2D eigenvalue weighted by Gasteiger charge is 2.43. The fourth-order valence-electron chi connectivity index (χ4n) is 3.67. The van der Waals surface area contributed by atoms with E-state index in [9.17, 15) is 9.59 Å². The van der Waals surface area contributed by atoms with E-state index in [1.165, 1.54) is 0 Å². The Hall–Kier alpha value is -3.12. The zero-order valence-corrected chi connectivity index (χ0v) is 16.4. The number of hydrogen-bond acceptors (Lipinski definition) is 4. The van der Waals surface area contributed by atoms with E-state index in [0.29, 0.717) is 11.3 Å². The smallest absolute Gasteiger partial charge is 0.254 e. The molecule has 2 amide bonds. The van der Waals surface area contributed by atoms with E-state index in [1.807, 2.05) is 35.7 Å². The number of fused-ring (bicyclic) bond motifs is 1. The Bertz CT molecular complexity index is 999. The van der Waals surface area contributed by atoms with E-state index < -0.39 is 5.92 Å². The molecule has 1 aromatic heterocycles. The third-order valence-corrected chi connectivity index (χ3v) is 6.00. The number of rotatable bonds is 4. The van der Waals surface area contributed by atoms with Gasteiger partial charge in [-0.2, -0.15) is 0 Å². The van der Waals surface area contributed by atoms with Crippen LogP contribution in [0.25, 0.3) is 0 Å². The summed E-state index contributed by atoms with van der Waals surface area (Å²) in [4.78, 5) is 28.9. The van der Waals surface area contributed by atoms with E-state index in [1.54, 1.807) is 60.7 Å². The number of carbonyl (C=O) groups excluding carboxylic acids is 2. The third-order valence-electron chi connectivity index (χ3n) is 5.05. The summed E-state index contributed by atoms with van der Waals surface area (Å²) in [7, 11) is 3.36. The van der Waals surface area contributed by atoms with E-state index in [0.717, 1.165) is 16.2 Å². The van der Waals surface area contributed by atoms with Gasteiger partial charge in [-0.15, -0.1) is 11.3 Å². The second-order valence-corrected chi connectivity index (χ2v) is 7.64. The van der Waals surface area contributed by atoms with Gasteiger partial charge in [0.25, 0.3) is 5.91 Å². The minimum Gasteiger partial charge on any atom is -0.497 e. The van der Waals surface area contributed by atoms with Crippen molar-refractivity contribution in [3.05, 3.63) is 82.0 Å². The number of methoxy groups -OCH3 is 1. The van der Waals surface area contributed by atoms with Gasteiger partial charge in [-0.05, 0) is 47.3 Å². The van der Waals surface area contributed by atoms with Gasteiger partial charge >= 0.3 is 0 Å². The van der Waals surface area contributed by atoms with Gasteiger partial charge in [-0.3, -0.25) is 9.59 Å². The maximum absolute atomic E-state index is 13.4. The standard InChI is InChI=1S/C22H20N2O3S/c1-24-20(18-8-5-13-28-18)19(16-6-3-4-7-17(16)22(24)26)21(25)23-14-9-11-15(27-2)12-10-14/h3-13,19-20H,1-2H3,(H,23,25). The highest BCUT2D eigenvalue weighted by Crippen LogP contribution is 2.43. The summed E-state index contributed by atoms with van der Waals surface area (Å²) in [5, 5.41) is 4.97. The number of ether oxygens (including phenoxy) is 1. The van der Waals surface area contributed by atoms with Gasteiger partial charge in [0.2, 0.25) is 5.91 Å². The van der Waals surface area contributed by atoms with E-state index in [2.05, 4.69) is 5.32 Å². The van der Waals surface area contributed by atoms with Gasteiger partial charge in [0.1, 0.15) is 5.75 Å². The number of anilines is 1. The molecular weight excluding hydrogens is 372 g/mol. The van der Waals surface area contributed by atoms with Crippen molar-refractivity contribution in [3.8, 4) is 5.75 Å². The van der Waals surface area contributed by atoms with Crippen LogP contribution < -0.4 is 10.1 Å². The van der Waals surface area contributed by atoms with Crippen molar-refractivity contribution >= 4 is 28.8 Å². The lowest BCUT2D eigenvalue weighted by atomic mass is 9.81. The molecule has 0 spiro atoms. The van der Waals surface area contributed by atoms with Gasteiger partial charge in [0.15, 0.2) is 0 Å². The first-order chi connectivity index (χ1) is 13.6. The molecule has 28 heavy (non-hydrogen) atoms. The molecular formula is C22H20N2O3S. The minimum atomic E-state index is -0.500. The summed E-state index contributed by atoms with van der Waals surface area (Å²) in [6, 6.07) is 18.1. The molecule has 2 unspecified atom stereocenters. The lowest BCUT2D eigenvalue weighted by molar-refractivity contribution is -0.119. The number of thiophene rings is 1. The molecule has 0 fully saturated rings. The first-order valence-electron chi connectivity index (χ1n) is 8.94. The van der Waals surface area contributed by atoms with Gasteiger partial charge in [0, 0.05) is 23.2 Å². The fourth-order valence-corrected chi connectivity index (χ4v) is 4.57. The number of carbonyl (C=O) groups is 2. The molecule has 2 atom stereocenters. The van der Waals surface area contributed by atoms with Crippen molar-refractivity contribution in [2.45, 2.75) is 12.0 Å². The average molecular weight is 392 g/mol. The monoisotopic (exact) mass is 392 g/mol. The van der Waals surface area contributed by atoms with Gasteiger partial charge in [0.05, 0.1) is 19.1 Å². The van der Waals surface area contributed by atoms with Crippen LogP contribution in [0.4, 0.5) is 5.69 Å². The molecule has 3 aromatic rings. The number of likely N-dealkylation sites (N-methyl/N-ethyl adjacent to an activating group) is 1. The van der Waals surface area contributed by atoms with Gasteiger partial charge in [-0.25, -0.2) is 0 Å². The normalized spacial score (nSPS) is 18.5. The predicted molar refractivity (Wildman–Crippen MR) is 110 cm³/mol. The zero-order chi connectivity index (χ0) is 19.7. The van der Waals surface area contributed by atoms with Crippen molar-refractivity contribution in [1.82, 2.24) is 4.90 Å². The predicted octanol–water partition coefficient (Wildman–Crippen LogP) is 4.31. The Labute approximate surface area is 167 Å². The van der Waals surface area contributed by atoms with Gasteiger partial charge in [-0.1, -0.05) is 24.3 Å². The fraction of sp³-hybridized carbons (Fsp3) is 0.182. The van der Waals surface area contributed by atoms with Crippen LogP contribution in [0.2, 0.25) is 0 Å². The molecule has 0 radical (unpaired) electrons. The molecule has 1 N–H and O–H groups in total. The molecule has 6 heteroatoms. The van der Waals surface area contributed by atoms with Crippen molar-refractivity contribution in [2.24, 2.45) is 0 Å². The van der Waals surface area contributed by atoms with E-state index in [4.69, 9.17) is 4.74 Å². The van der Waals surface area contributed by atoms with Crippen LogP contribution in [0.5, 0.6) is 5.75 Å². The summed E-state index contributed by atoms with van der Waals surface area (Å²) in [6.07, 6.45) is 0. The molecule has 0 saturated carbocycles. The first kappa shape index (κ1) is 18.3. The van der Waals surface area contributed by atoms with Crippen LogP contribution in [0.1, 0.15) is 32.8 Å². The Morgan fingerprint density at radius 1 is 1.07 bits per heavy atom. The minimum absolute atomic E-state index is 0.0671. The van der Waals surface area contributed by atoms with Crippen molar-refractivity contribution < 1.29 is 14.3 Å².